The molecule has 0 saturated heterocycles. The van der Waals surface area contributed by atoms with Gasteiger partial charge in [-0.05, 0) is 57.2 Å². The van der Waals surface area contributed by atoms with Crippen molar-refractivity contribution in [3.8, 4) is 11.8 Å². The maximum Gasteiger partial charge on any atom is 0.416 e. The number of rotatable bonds is 6. The SMILES string of the molecule is Cc1nc2cc(S(=O)(=O)Nc3ccc(C(F)(F)F)cc3C#CCOC(C)(C)C(=O)O)ccc2s1. The minimum Gasteiger partial charge on any atom is -0.479 e. The average molecular weight is 513 g/mol. The van der Waals surface area contributed by atoms with Crippen molar-refractivity contribution in [2.75, 3.05) is 11.3 Å². The summed E-state index contributed by atoms with van der Waals surface area (Å²) in [5.74, 6) is 3.64. The zero-order valence-electron chi connectivity index (χ0n) is 18.1. The second kappa shape index (κ2) is 9.25. The molecule has 0 saturated carbocycles. The molecule has 0 unspecified atom stereocenters. The van der Waals surface area contributed by atoms with Crippen LogP contribution >= 0.6 is 11.3 Å². The number of fused-ring (bicyclic) bond motifs is 1. The van der Waals surface area contributed by atoms with Gasteiger partial charge < -0.3 is 9.84 Å². The van der Waals surface area contributed by atoms with E-state index >= 15 is 0 Å². The largest absolute Gasteiger partial charge is 0.479 e. The van der Waals surface area contributed by atoms with Gasteiger partial charge in [0.25, 0.3) is 10.0 Å². The van der Waals surface area contributed by atoms with Crippen molar-refractivity contribution < 1.29 is 36.2 Å². The second-order valence-corrected chi connectivity index (χ2v) is 10.5. The molecule has 1 heterocycles. The Bertz CT molecular complexity index is 1420. The summed E-state index contributed by atoms with van der Waals surface area (Å²) in [6.07, 6.45) is -4.68. The highest BCUT2D eigenvalue weighted by Crippen LogP contribution is 2.32. The van der Waals surface area contributed by atoms with E-state index in [4.69, 9.17) is 9.84 Å². The summed E-state index contributed by atoms with van der Waals surface area (Å²) in [4.78, 5) is 15.2. The molecule has 0 atom stereocenters. The van der Waals surface area contributed by atoms with Crippen molar-refractivity contribution in [3.05, 3.63) is 52.5 Å². The molecular weight excluding hydrogens is 493 g/mol. The van der Waals surface area contributed by atoms with Gasteiger partial charge in [-0.15, -0.1) is 11.3 Å². The van der Waals surface area contributed by atoms with Crippen LogP contribution in [0.25, 0.3) is 10.2 Å². The fraction of sp³-hybridized carbons (Fsp3) is 0.273. The Balaban J connectivity index is 1.95. The number of aryl methyl sites for hydroxylation is 1. The fourth-order valence-corrected chi connectivity index (χ4v) is 4.62. The first-order valence-corrected chi connectivity index (χ1v) is 12.0. The van der Waals surface area contributed by atoms with Crippen LogP contribution in [0, 0.1) is 18.8 Å². The van der Waals surface area contributed by atoms with Gasteiger partial charge in [0.15, 0.2) is 5.60 Å². The zero-order chi connectivity index (χ0) is 25.3. The molecule has 3 aromatic rings. The minimum absolute atomic E-state index is 0.115. The number of thiazole rings is 1. The van der Waals surface area contributed by atoms with E-state index in [9.17, 15) is 26.4 Å². The molecular formula is C22H19F3N2O5S2. The summed E-state index contributed by atoms with van der Waals surface area (Å²) in [5, 5.41) is 9.81. The van der Waals surface area contributed by atoms with E-state index in [-0.39, 0.29) is 16.1 Å². The number of aliphatic carboxylic acids is 1. The van der Waals surface area contributed by atoms with Crippen LogP contribution in [0.5, 0.6) is 0 Å². The minimum atomic E-state index is -4.68. The van der Waals surface area contributed by atoms with Gasteiger partial charge in [-0.25, -0.2) is 18.2 Å². The monoisotopic (exact) mass is 512 g/mol. The number of carbonyl (C=O) groups is 1. The van der Waals surface area contributed by atoms with Crippen LogP contribution in [0.3, 0.4) is 0 Å². The van der Waals surface area contributed by atoms with E-state index in [1.165, 1.54) is 37.3 Å². The number of anilines is 1. The number of nitrogens with zero attached hydrogens (tertiary/aromatic N) is 1. The molecule has 0 aliphatic rings. The van der Waals surface area contributed by atoms with Crippen LogP contribution in [0.15, 0.2) is 41.3 Å². The number of nitrogens with one attached hydrogen (secondary N) is 1. The van der Waals surface area contributed by atoms with E-state index in [1.54, 1.807) is 13.0 Å². The number of benzene rings is 2. The molecule has 0 spiro atoms. The summed E-state index contributed by atoms with van der Waals surface area (Å²) in [6.45, 7) is 3.97. The van der Waals surface area contributed by atoms with Crippen LogP contribution in [-0.4, -0.2) is 36.7 Å². The summed E-state index contributed by atoms with van der Waals surface area (Å²) >= 11 is 1.40. The van der Waals surface area contributed by atoms with Gasteiger partial charge >= 0.3 is 12.1 Å². The number of hydrogen-bond acceptors (Lipinski definition) is 6. The molecule has 0 amide bonds. The Morgan fingerprint density at radius 2 is 1.91 bits per heavy atom. The van der Waals surface area contributed by atoms with Crippen molar-refractivity contribution in [2.24, 2.45) is 0 Å². The maximum atomic E-state index is 13.2. The summed E-state index contributed by atoms with van der Waals surface area (Å²) in [6, 6.07) is 6.76. The highest BCUT2D eigenvalue weighted by Gasteiger charge is 2.31. The van der Waals surface area contributed by atoms with Gasteiger partial charge in [0, 0.05) is 5.56 Å². The molecule has 2 N–H and O–H groups in total. The van der Waals surface area contributed by atoms with Gasteiger partial charge in [0.1, 0.15) is 6.61 Å². The summed E-state index contributed by atoms with van der Waals surface area (Å²) < 4.78 is 73.7. The molecule has 0 bridgehead atoms. The summed E-state index contributed by atoms with van der Waals surface area (Å²) in [7, 11) is -4.17. The van der Waals surface area contributed by atoms with Crippen molar-refractivity contribution in [1.82, 2.24) is 4.98 Å². The Hall–Kier alpha value is -3.14. The topological polar surface area (TPSA) is 106 Å². The lowest BCUT2D eigenvalue weighted by molar-refractivity contribution is -0.159. The molecule has 12 heteroatoms. The van der Waals surface area contributed by atoms with Crippen LogP contribution in [0.1, 0.15) is 30.0 Å². The smallest absolute Gasteiger partial charge is 0.416 e. The lowest BCUT2D eigenvalue weighted by Crippen LogP contribution is -2.34. The fourth-order valence-electron chi connectivity index (χ4n) is 2.72. The first-order valence-electron chi connectivity index (χ1n) is 9.66. The molecule has 3 rings (SSSR count). The van der Waals surface area contributed by atoms with Crippen LogP contribution in [0.4, 0.5) is 18.9 Å². The van der Waals surface area contributed by atoms with E-state index in [2.05, 4.69) is 21.5 Å². The first kappa shape index (κ1) is 25.5. The third-order valence-electron chi connectivity index (χ3n) is 4.61. The number of hydrogen-bond donors (Lipinski definition) is 2. The molecule has 0 fully saturated rings. The molecule has 180 valence electrons. The molecule has 7 nitrogen and oxygen atoms in total. The van der Waals surface area contributed by atoms with E-state index in [0.717, 1.165) is 21.8 Å². The van der Waals surface area contributed by atoms with Crippen LogP contribution < -0.4 is 4.72 Å². The molecule has 0 aliphatic carbocycles. The first-order chi connectivity index (χ1) is 15.7. The third kappa shape index (κ3) is 5.85. The Kier molecular flexibility index (Phi) is 6.93. The Morgan fingerprint density at radius 3 is 2.56 bits per heavy atom. The van der Waals surface area contributed by atoms with Crippen molar-refractivity contribution in [1.29, 1.82) is 0 Å². The standard InChI is InChI=1S/C22H19F3N2O5S2/c1-13-26-18-12-16(7-9-19(18)33-13)34(30,31)27-17-8-6-15(22(23,24)25)11-14(17)5-4-10-32-21(2,3)20(28)29/h6-9,11-12,27H,10H2,1-3H3,(H,28,29). The van der Waals surface area contributed by atoms with Crippen molar-refractivity contribution in [2.45, 2.75) is 37.4 Å². The Labute approximate surface area is 197 Å². The third-order valence-corrected chi connectivity index (χ3v) is 6.93. The highest BCUT2D eigenvalue weighted by molar-refractivity contribution is 7.92. The predicted molar refractivity (Wildman–Crippen MR) is 121 cm³/mol. The zero-order valence-corrected chi connectivity index (χ0v) is 19.8. The number of alkyl halides is 3. The van der Waals surface area contributed by atoms with Gasteiger partial charge in [0.05, 0.1) is 31.4 Å². The van der Waals surface area contributed by atoms with Crippen molar-refractivity contribution >= 4 is 43.2 Å². The quantitative estimate of drug-likeness (QED) is 0.466. The molecule has 34 heavy (non-hydrogen) atoms. The lowest BCUT2D eigenvalue weighted by atomic mass is 10.1. The van der Waals surface area contributed by atoms with Crippen LogP contribution in [0.2, 0.25) is 0 Å². The van der Waals surface area contributed by atoms with E-state index in [1.807, 2.05) is 0 Å². The highest BCUT2D eigenvalue weighted by atomic mass is 32.2. The van der Waals surface area contributed by atoms with Crippen LogP contribution in [-0.2, 0) is 25.7 Å². The van der Waals surface area contributed by atoms with Gasteiger partial charge in [-0.3, -0.25) is 4.72 Å². The maximum absolute atomic E-state index is 13.2. The van der Waals surface area contributed by atoms with Gasteiger partial charge in [0.2, 0.25) is 0 Å². The number of carboxylic acids is 1. The number of aromatic nitrogens is 1. The normalized spacial score (nSPS) is 12.3. The molecule has 2 aromatic carbocycles. The molecule has 1 aromatic heterocycles. The van der Waals surface area contributed by atoms with Gasteiger partial charge in [-0.1, -0.05) is 11.8 Å². The number of halogens is 3. The van der Waals surface area contributed by atoms with E-state index in [0.29, 0.717) is 11.6 Å². The van der Waals surface area contributed by atoms with E-state index < -0.39 is 39.9 Å². The molecule has 0 radical (unpaired) electrons. The van der Waals surface area contributed by atoms with Gasteiger partial charge in [-0.2, -0.15) is 13.2 Å². The lowest BCUT2D eigenvalue weighted by Gasteiger charge is -2.17. The molecule has 0 aliphatic heterocycles. The average Bonchev–Trinajstić information content (AvgIpc) is 3.10. The Morgan fingerprint density at radius 1 is 1.21 bits per heavy atom. The second-order valence-electron chi connectivity index (χ2n) is 7.63. The summed E-state index contributed by atoms with van der Waals surface area (Å²) in [5.41, 5.74) is -2.52. The number of ether oxygens (including phenoxy) is 1. The predicted octanol–water partition coefficient (Wildman–Crippen LogP) is 4.66. The number of carboxylic acid groups (broad SMARTS) is 1. The number of sulfonamides is 1. The van der Waals surface area contributed by atoms with Crippen molar-refractivity contribution in [3.63, 3.8) is 0 Å².